The molecule has 0 aliphatic carbocycles. The summed E-state index contributed by atoms with van der Waals surface area (Å²) in [6.07, 6.45) is 5.19. The molecule has 3 aliphatic rings. The van der Waals surface area contributed by atoms with Crippen LogP contribution in [0.3, 0.4) is 0 Å². The number of hydrogen-bond donors (Lipinski definition) is 1. The first kappa shape index (κ1) is 17.1. The lowest BCUT2D eigenvalue weighted by Gasteiger charge is -2.19. The monoisotopic (exact) mass is 393 g/mol. The molecule has 0 spiro atoms. The van der Waals surface area contributed by atoms with Crippen LogP contribution < -0.4 is 15.2 Å². The number of nitrogen functional groups attached to an aromatic ring is 1. The third kappa shape index (κ3) is 2.82. The summed E-state index contributed by atoms with van der Waals surface area (Å²) < 4.78 is 18.7. The number of anilines is 1. The lowest BCUT2D eigenvalue weighted by Crippen LogP contribution is -2.31. The smallest absolute Gasteiger partial charge is 0.231 e. The average molecular weight is 393 g/mol. The van der Waals surface area contributed by atoms with Crippen molar-refractivity contribution < 1.29 is 14.2 Å². The van der Waals surface area contributed by atoms with Gasteiger partial charge < -0.3 is 24.5 Å². The molecule has 2 fully saturated rings. The van der Waals surface area contributed by atoms with Crippen molar-refractivity contribution in [2.75, 3.05) is 32.2 Å². The molecule has 0 bridgehead atoms. The van der Waals surface area contributed by atoms with Gasteiger partial charge in [-0.1, -0.05) is 6.07 Å². The van der Waals surface area contributed by atoms with Gasteiger partial charge in [-0.25, -0.2) is 9.97 Å². The second kappa shape index (κ2) is 6.33. The van der Waals surface area contributed by atoms with Crippen molar-refractivity contribution in [2.45, 2.75) is 31.5 Å². The van der Waals surface area contributed by atoms with Crippen LogP contribution in [-0.4, -0.2) is 58.1 Å². The van der Waals surface area contributed by atoms with Gasteiger partial charge in [0.15, 0.2) is 11.5 Å². The lowest BCUT2D eigenvalue weighted by molar-refractivity contribution is 0.174. The van der Waals surface area contributed by atoms with Gasteiger partial charge in [0.25, 0.3) is 0 Å². The molecule has 0 unspecified atom stereocenters. The lowest BCUT2D eigenvalue weighted by atomic mass is 10.1. The molecule has 3 atom stereocenters. The number of hydrogen-bond acceptors (Lipinski definition) is 7. The second-order valence-corrected chi connectivity index (χ2v) is 8.12. The standard InChI is InChI=1S/C21H23N5O3/c1-12-4-14(6-25(12)7-15-9-27-15)26-8-16(19-20(22)23-10-24-21(19)26)13-2-3-17-18(5-13)29-11-28-17/h2-3,5,8,10,12,14-15H,4,6-7,9,11H2,1H3,(H2,22,23,24)/t12-,14+,15-/m1/s1. The average Bonchev–Trinajstić information content (AvgIpc) is 3.12. The third-order valence-electron chi connectivity index (χ3n) is 6.24. The van der Waals surface area contributed by atoms with Gasteiger partial charge in [0, 0.05) is 36.9 Å². The Labute approximate surface area is 168 Å². The van der Waals surface area contributed by atoms with Gasteiger partial charge in [-0.15, -0.1) is 0 Å². The van der Waals surface area contributed by atoms with E-state index in [1.54, 1.807) is 6.33 Å². The minimum Gasteiger partial charge on any atom is -0.454 e. The first-order valence-electron chi connectivity index (χ1n) is 10.0. The summed E-state index contributed by atoms with van der Waals surface area (Å²) in [5.74, 6) is 2.02. The molecule has 0 amide bonds. The van der Waals surface area contributed by atoms with Crippen molar-refractivity contribution >= 4 is 16.9 Å². The molecule has 1 aromatic carbocycles. The van der Waals surface area contributed by atoms with Crippen molar-refractivity contribution in [3.05, 3.63) is 30.7 Å². The molecule has 0 radical (unpaired) electrons. The first-order chi connectivity index (χ1) is 14.2. The van der Waals surface area contributed by atoms with Gasteiger partial charge in [0.05, 0.1) is 18.1 Å². The highest BCUT2D eigenvalue weighted by atomic mass is 16.7. The van der Waals surface area contributed by atoms with Crippen LogP contribution in [0.15, 0.2) is 30.7 Å². The Morgan fingerprint density at radius 1 is 1.21 bits per heavy atom. The Morgan fingerprint density at radius 2 is 2.07 bits per heavy atom. The Morgan fingerprint density at radius 3 is 2.93 bits per heavy atom. The fourth-order valence-electron chi connectivity index (χ4n) is 4.63. The van der Waals surface area contributed by atoms with Crippen LogP contribution in [0.2, 0.25) is 0 Å². The first-order valence-corrected chi connectivity index (χ1v) is 10.0. The second-order valence-electron chi connectivity index (χ2n) is 8.12. The molecule has 6 rings (SSSR count). The van der Waals surface area contributed by atoms with E-state index in [9.17, 15) is 0 Å². The van der Waals surface area contributed by atoms with E-state index < -0.39 is 0 Å². The molecule has 5 heterocycles. The molecular weight excluding hydrogens is 370 g/mol. The van der Waals surface area contributed by atoms with E-state index in [1.165, 1.54) is 0 Å². The van der Waals surface area contributed by atoms with Gasteiger partial charge in [-0.05, 0) is 31.0 Å². The largest absolute Gasteiger partial charge is 0.454 e. The summed E-state index contributed by atoms with van der Waals surface area (Å²) in [6.45, 7) is 5.42. The molecule has 2 N–H and O–H groups in total. The minimum absolute atomic E-state index is 0.256. The maximum Gasteiger partial charge on any atom is 0.231 e. The van der Waals surface area contributed by atoms with Crippen LogP contribution in [-0.2, 0) is 4.74 Å². The van der Waals surface area contributed by atoms with E-state index in [0.29, 0.717) is 24.0 Å². The van der Waals surface area contributed by atoms with E-state index in [4.69, 9.17) is 19.9 Å². The summed E-state index contributed by atoms with van der Waals surface area (Å²) >= 11 is 0. The highest BCUT2D eigenvalue weighted by Crippen LogP contribution is 2.41. The van der Waals surface area contributed by atoms with E-state index in [1.807, 2.05) is 18.2 Å². The third-order valence-corrected chi connectivity index (χ3v) is 6.24. The zero-order chi connectivity index (χ0) is 19.5. The van der Waals surface area contributed by atoms with E-state index in [-0.39, 0.29) is 6.79 Å². The highest BCUT2D eigenvalue weighted by molar-refractivity contribution is 6.01. The zero-order valence-electron chi connectivity index (χ0n) is 16.2. The van der Waals surface area contributed by atoms with Crippen LogP contribution in [0, 0.1) is 0 Å². The van der Waals surface area contributed by atoms with E-state index >= 15 is 0 Å². The van der Waals surface area contributed by atoms with Gasteiger partial charge >= 0.3 is 0 Å². The molecule has 3 aromatic rings. The fourth-order valence-corrected chi connectivity index (χ4v) is 4.63. The SMILES string of the molecule is C[C@@H]1C[C@H](n2cc(-c3ccc4c(c3)OCO4)c3c(N)ncnc32)CN1C[C@@H]1CO1. The number of likely N-dealkylation sites (tertiary alicyclic amines) is 1. The number of fused-ring (bicyclic) bond motifs is 2. The Bertz CT molecular complexity index is 1090. The maximum atomic E-state index is 6.30. The number of rotatable bonds is 4. The van der Waals surface area contributed by atoms with Crippen molar-refractivity contribution in [1.82, 2.24) is 19.4 Å². The Balaban J connectivity index is 1.43. The molecule has 29 heavy (non-hydrogen) atoms. The summed E-state index contributed by atoms with van der Waals surface area (Å²) in [7, 11) is 0. The van der Waals surface area contributed by atoms with Crippen molar-refractivity contribution in [3.8, 4) is 22.6 Å². The minimum atomic E-state index is 0.256. The van der Waals surface area contributed by atoms with Crippen LogP contribution in [0.5, 0.6) is 11.5 Å². The Hall–Kier alpha value is -2.84. The number of epoxide rings is 1. The molecule has 3 aliphatic heterocycles. The Kier molecular flexibility index (Phi) is 3.72. The van der Waals surface area contributed by atoms with Crippen LogP contribution in [0.1, 0.15) is 19.4 Å². The molecule has 150 valence electrons. The topological polar surface area (TPSA) is 91.0 Å². The summed E-state index contributed by atoms with van der Waals surface area (Å²) in [4.78, 5) is 11.4. The summed E-state index contributed by atoms with van der Waals surface area (Å²) in [5, 5.41) is 0.892. The van der Waals surface area contributed by atoms with E-state index in [2.05, 4.69) is 32.6 Å². The molecule has 8 nitrogen and oxygen atoms in total. The summed E-state index contributed by atoms with van der Waals surface area (Å²) in [5.41, 5.74) is 9.23. The predicted octanol–water partition coefficient (Wildman–Crippen LogP) is 2.44. The molecule has 0 saturated carbocycles. The number of benzene rings is 1. The quantitative estimate of drug-likeness (QED) is 0.681. The fraction of sp³-hybridized carbons (Fsp3) is 0.429. The van der Waals surface area contributed by atoms with Crippen molar-refractivity contribution in [1.29, 1.82) is 0 Å². The normalized spacial score (nSPS) is 25.8. The molecule has 8 heteroatoms. The zero-order valence-corrected chi connectivity index (χ0v) is 16.2. The van der Waals surface area contributed by atoms with Gasteiger partial charge in [-0.3, -0.25) is 4.90 Å². The number of nitrogens with two attached hydrogens (primary N) is 1. The molecule has 2 aromatic heterocycles. The highest BCUT2D eigenvalue weighted by Gasteiger charge is 2.36. The summed E-state index contributed by atoms with van der Waals surface area (Å²) in [6, 6.07) is 6.82. The maximum absolute atomic E-state index is 6.30. The molecular formula is C21H23N5O3. The van der Waals surface area contributed by atoms with E-state index in [0.717, 1.165) is 59.8 Å². The predicted molar refractivity (Wildman–Crippen MR) is 108 cm³/mol. The number of ether oxygens (including phenoxy) is 3. The van der Waals surface area contributed by atoms with Gasteiger partial charge in [0.2, 0.25) is 6.79 Å². The van der Waals surface area contributed by atoms with Crippen LogP contribution in [0.25, 0.3) is 22.2 Å². The van der Waals surface area contributed by atoms with Gasteiger partial charge in [0.1, 0.15) is 17.8 Å². The van der Waals surface area contributed by atoms with Crippen LogP contribution in [0.4, 0.5) is 5.82 Å². The molecule has 2 saturated heterocycles. The number of nitrogens with zero attached hydrogens (tertiary/aromatic N) is 4. The van der Waals surface area contributed by atoms with Crippen LogP contribution >= 0.6 is 0 Å². The van der Waals surface area contributed by atoms with Crippen molar-refractivity contribution in [2.24, 2.45) is 0 Å². The number of aromatic nitrogens is 3. The van der Waals surface area contributed by atoms with Crippen molar-refractivity contribution in [3.63, 3.8) is 0 Å². The van der Waals surface area contributed by atoms with Gasteiger partial charge in [-0.2, -0.15) is 0 Å².